The van der Waals surface area contributed by atoms with E-state index in [2.05, 4.69) is 21.2 Å². The summed E-state index contributed by atoms with van der Waals surface area (Å²) in [6, 6.07) is 18.9. The molecule has 0 spiro atoms. The lowest BCUT2D eigenvalue weighted by Crippen LogP contribution is -2.15. The summed E-state index contributed by atoms with van der Waals surface area (Å²) in [5.74, 6) is -0.527. The van der Waals surface area contributed by atoms with Crippen LogP contribution in [-0.4, -0.2) is 19.2 Å². The molecule has 0 saturated heterocycles. The first-order chi connectivity index (χ1) is 13.1. The summed E-state index contributed by atoms with van der Waals surface area (Å²) >= 11 is 4.73. The number of ether oxygens (including phenoxy) is 2. The van der Waals surface area contributed by atoms with E-state index < -0.39 is 12.1 Å². The summed E-state index contributed by atoms with van der Waals surface area (Å²) in [4.78, 5) is 25.5. The van der Waals surface area contributed by atoms with E-state index in [1.807, 2.05) is 60.7 Å². The number of amides is 1. The van der Waals surface area contributed by atoms with Gasteiger partial charge in [-0.15, -0.1) is 11.3 Å². The number of methoxy groups -OCH3 is 1. The molecule has 0 saturated carbocycles. The average Bonchev–Trinajstić information content (AvgIpc) is 3.03. The predicted octanol–water partition coefficient (Wildman–Crippen LogP) is 5.71. The first-order valence-electron chi connectivity index (χ1n) is 8.04. The number of benzene rings is 2. The van der Waals surface area contributed by atoms with Gasteiger partial charge in [0, 0.05) is 0 Å². The fraction of sp³-hybridized carbons (Fsp3) is 0.100. The van der Waals surface area contributed by atoms with Crippen molar-refractivity contribution >= 4 is 45.0 Å². The standard InChI is InChI=1S/C20H16BrNO4S/c1-25-19(23)18-16(15(21)17(27-18)14-10-6-3-7-11-14)22-20(24)26-12-13-8-4-2-5-9-13/h2-11H,12H2,1H3,(H,22,24). The number of carbonyl (C=O) groups is 2. The third-order valence-corrected chi connectivity index (χ3v) is 5.97. The number of rotatable bonds is 5. The van der Waals surface area contributed by atoms with Crippen molar-refractivity contribution in [1.29, 1.82) is 0 Å². The van der Waals surface area contributed by atoms with Crippen LogP contribution in [0.1, 0.15) is 15.2 Å². The molecule has 7 heteroatoms. The molecule has 0 aliphatic rings. The minimum atomic E-state index is -0.651. The topological polar surface area (TPSA) is 64.6 Å². The van der Waals surface area contributed by atoms with Crippen molar-refractivity contribution in [1.82, 2.24) is 0 Å². The van der Waals surface area contributed by atoms with Crippen molar-refractivity contribution in [3.8, 4) is 10.4 Å². The zero-order valence-electron chi connectivity index (χ0n) is 14.4. The summed E-state index contributed by atoms with van der Waals surface area (Å²) in [6.07, 6.45) is -0.651. The maximum atomic E-state index is 12.2. The molecule has 0 bridgehead atoms. The van der Waals surface area contributed by atoms with Gasteiger partial charge in [0.2, 0.25) is 0 Å². The van der Waals surface area contributed by atoms with Crippen molar-refractivity contribution < 1.29 is 19.1 Å². The molecule has 1 amide bonds. The van der Waals surface area contributed by atoms with Crippen molar-refractivity contribution in [3.63, 3.8) is 0 Å². The minimum absolute atomic E-state index is 0.132. The van der Waals surface area contributed by atoms with Crippen LogP contribution in [0.5, 0.6) is 0 Å². The fourth-order valence-corrected chi connectivity index (χ4v) is 4.37. The maximum absolute atomic E-state index is 12.2. The third kappa shape index (κ3) is 4.56. The van der Waals surface area contributed by atoms with E-state index in [0.29, 0.717) is 15.0 Å². The largest absolute Gasteiger partial charge is 0.465 e. The third-order valence-electron chi connectivity index (χ3n) is 3.70. The van der Waals surface area contributed by atoms with Crippen LogP contribution >= 0.6 is 27.3 Å². The summed E-state index contributed by atoms with van der Waals surface area (Å²) in [5, 5.41) is 2.66. The van der Waals surface area contributed by atoms with Gasteiger partial charge >= 0.3 is 12.1 Å². The summed E-state index contributed by atoms with van der Waals surface area (Å²) in [5.41, 5.74) is 2.13. The highest BCUT2D eigenvalue weighted by Gasteiger charge is 2.24. The van der Waals surface area contributed by atoms with Gasteiger partial charge in [0.25, 0.3) is 0 Å². The zero-order chi connectivity index (χ0) is 19.2. The Bertz CT molecular complexity index is 941. The Hall–Kier alpha value is -2.64. The highest BCUT2D eigenvalue weighted by atomic mass is 79.9. The van der Waals surface area contributed by atoms with Gasteiger partial charge < -0.3 is 9.47 Å². The number of hydrogen-bond acceptors (Lipinski definition) is 5. The fourth-order valence-electron chi connectivity index (χ4n) is 2.40. The molecule has 0 unspecified atom stereocenters. The van der Waals surface area contributed by atoms with Crippen LogP contribution in [0.15, 0.2) is 65.1 Å². The molecule has 0 atom stereocenters. The van der Waals surface area contributed by atoms with Gasteiger partial charge in [-0.1, -0.05) is 60.7 Å². The first kappa shape index (κ1) is 19.1. The molecule has 138 valence electrons. The lowest BCUT2D eigenvalue weighted by Gasteiger charge is -2.08. The SMILES string of the molecule is COC(=O)c1sc(-c2ccccc2)c(Br)c1NC(=O)OCc1ccccc1. The number of nitrogens with one attached hydrogen (secondary N) is 1. The van der Waals surface area contributed by atoms with Crippen LogP contribution in [0, 0.1) is 0 Å². The molecule has 0 aliphatic heterocycles. The molecule has 0 fully saturated rings. The van der Waals surface area contributed by atoms with Crippen molar-refractivity contribution in [2.75, 3.05) is 12.4 Å². The first-order valence-corrected chi connectivity index (χ1v) is 9.65. The summed E-state index contributed by atoms with van der Waals surface area (Å²) in [7, 11) is 1.30. The number of esters is 1. The van der Waals surface area contributed by atoms with Gasteiger partial charge in [-0.2, -0.15) is 0 Å². The summed E-state index contributed by atoms with van der Waals surface area (Å²) < 4.78 is 10.7. The van der Waals surface area contributed by atoms with Crippen LogP contribution in [0.4, 0.5) is 10.5 Å². The highest BCUT2D eigenvalue weighted by molar-refractivity contribution is 9.10. The molecule has 5 nitrogen and oxygen atoms in total. The quantitative estimate of drug-likeness (QED) is 0.510. The van der Waals surface area contributed by atoms with E-state index >= 15 is 0 Å². The average molecular weight is 446 g/mol. The molecule has 0 radical (unpaired) electrons. The molecular weight excluding hydrogens is 430 g/mol. The van der Waals surface area contributed by atoms with Gasteiger partial charge in [0.15, 0.2) is 0 Å². The van der Waals surface area contributed by atoms with Gasteiger partial charge in [-0.05, 0) is 27.1 Å². The molecule has 1 heterocycles. The molecule has 0 aliphatic carbocycles. The number of thiophene rings is 1. The van der Waals surface area contributed by atoms with Crippen LogP contribution in [0.2, 0.25) is 0 Å². The van der Waals surface area contributed by atoms with Crippen molar-refractivity contribution in [2.24, 2.45) is 0 Å². The molecule has 1 N–H and O–H groups in total. The van der Waals surface area contributed by atoms with Crippen molar-refractivity contribution in [3.05, 3.63) is 75.6 Å². The van der Waals surface area contributed by atoms with E-state index in [9.17, 15) is 9.59 Å². The molecule has 1 aromatic heterocycles. The van der Waals surface area contributed by atoms with Gasteiger partial charge in [-0.3, -0.25) is 5.32 Å². The Kier molecular flexibility index (Phi) is 6.26. The van der Waals surface area contributed by atoms with Crippen LogP contribution in [0.25, 0.3) is 10.4 Å². The van der Waals surface area contributed by atoms with Crippen LogP contribution in [0.3, 0.4) is 0 Å². The molecule has 3 aromatic rings. The van der Waals surface area contributed by atoms with E-state index in [-0.39, 0.29) is 6.61 Å². The maximum Gasteiger partial charge on any atom is 0.412 e. The highest BCUT2D eigenvalue weighted by Crippen LogP contribution is 2.44. The van der Waals surface area contributed by atoms with E-state index in [4.69, 9.17) is 9.47 Å². The Labute approximate surface area is 169 Å². The van der Waals surface area contributed by atoms with Crippen LogP contribution < -0.4 is 5.32 Å². The van der Waals surface area contributed by atoms with Gasteiger partial charge in [0.05, 0.1) is 22.1 Å². The number of anilines is 1. The summed E-state index contributed by atoms with van der Waals surface area (Å²) in [6.45, 7) is 0.132. The molecule has 3 rings (SSSR count). The molecule has 2 aromatic carbocycles. The normalized spacial score (nSPS) is 10.3. The van der Waals surface area contributed by atoms with E-state index in [1.54, 1.807) is 0 Å². The Balaban J connectivity index is 1.83. The lowest BCUT2D eigenvalue weighted by atomic mass is 10.2. The minimum Gasteiger partial charge on any atom is -0.465 e. The number of halogens is 1. The zero-order valence-corrected chi connectivity index (χ0v) is 16.8. The monoisotopic (exact) mass is 445 g/mol. The van der Waals surface area contributed by atoms with Gasteiger partial charge in [0.1, 0.15) is 11.5 Å². The van der Waals surface area contributed by atoms with Crippen molar-refractivity contribution in [2.45, 2.75) is 6.61 Å². The van der Waals surface area contributed by atoms with E-state index in [1.165, 1.54) is 18.4 Å². The second-order valence-electron chi connectivity index (χ2n) is 5.49. The second kappa shape index (κ2) is 8.83. The second-order valence-corrected chi connectivity index (χ2v) is 7.31. The molecular formula is C20H16BrNO4S. The Morgan fingerprint density at radius 1 is 1.04 bits per heavy atom. The predicted molar refractivity (Wildman–Crippen MR) is 109 cm³/mol. The molecule has 27 heavy (non-hydrogen) atoms. The number of carbonyl (C=O) groups excluding carboxylic acids is 2. The smallest absolute Gasteiger partial charge is 0.412 e. The Morgan fingerprint density at radius 2 is 1.67 bits per heavy atom. The Morgan fingerprint density at radius 3 is 2.30 bits per heavy atom. The van der Waals surface area contributed by atoms with Gasteiger partial charge in [-0.25, -0.2) is 9.59 Å². The van der Waals surface area contributed by atoms with Crippen LogP contribution in [-0.2, 0) is 16.1 Å². The number of hydrogen-bond donors (Lipinski definition) is 1. The van der Waals surface area contributed by atoms with E-state index in [0.717, 1.165) is 16.0 Å². The lowest BCUT2D eigenvalue weighted by molar-refractivity contribution is 0.0607.